The van der Waals surface area contributed by atoms with Gasteiger partial charge in [-0.15, -0.1) is 0 Å². The van der Waals surface area contributed by atoms with Gasteiger partial charge in [0.25, 0.3) is 5.91 Å². The van der Waals surface area contributed by atoms with Gasteiger partial charge in [0, 0.05) is 6.54 Å². The highest BCUT2D eigenvalue weighted by molar-refractivity contribution is 8.26. The van der Waals surface area contributed by atoms with Crippen molar-refractivity contribution in [2.24, 2.45) is 0 Å². The van der Waals surface area contributed by atoms with E-state index in [2.05, 4.69) is 0 Å². The molecule has 0 spiro atoms. The molecule has 0 aliphatic carbocycles. The topological polar surface area (TPSA) is 72.9 Å². The van der Waals surface area contributed by atoms with Crippen LogP contribution in [0.5, 0.6) is 11.5 Å². The van der Waals surface area contributed by atoms with Crippen LogP contribution >= 0.6 is 24.0 Å². The van der Waals surface area contributed by atoms with Crippen molar-refractivity contribution in [2.75, 3.05) is 13.7 Å². The predicted molar refractivity (Wildman–Crippen MR) is 113 cm³/mol. The molecule has 0 atom stereocenters. The van der Waals surface area contributed by atoms with Crippen molar-refractivity contribution in [1.29, 1.82) is 0 Å². The molecule has 1 amide bonds. The second kappa shape index (κ2) is 8.34. The number of thiocarbonyl (C=S) groups is 1. The highest BCUT2D eigenvalue weighted by Crippen LogP contribution is 2.35. The summed E-state index contributed by atoms with van der Waals surface area (Å²) in [5.74, 6) is 0.146. The highest BCUT2D eigenvalue weighted by atomic mass is 32.2. The first kappa shape index (κ1) is 20.4. The number of ether oxygens (including phenoxy) is 1. The minimum atomic E-state index is -3.99. The third-order valence-corrected chi connectivity index (χ3v) is 6.53. The van der Waals surface area contributed by atoms with Crippen LogP contribution in [0, 0.1) is 0 Å². The molecule has 1 fully saturated rings. The fraction of sp³-hybridized carbons (Fsp3) is 0.158. The molecule has 1 aliphatic heterocycles. The maximum Gasteiger partial charge on any atom is 0.339 e. The molecule has 0 unspecified atom stereocenters. The van der Waals surface area contributed by atoms with Gasteiger partial charge in [-0.3, -0.25) is 9.69 Å². The lowest BCUT2D eigenvalue weighted by atomic mass is 10.2. The average molecular weight is 436 g/mol. The van der Waals surface area contributed by atoms with E-state index in [1.165, 1.54) is 42.0 Å². The zero-order chi connectivity index (χ0) is 20.3. The first-order valence-electron chi connectivity index (χ1n) is 8.28. The molecule has 1 heterocycles. The number of rotatable bonds is 6. The molecule has 3 rings (SSSR count). The molecule has 2 aromatic carbocycles. The van der Waals surface area contributed by atoms with Crippen molar-refractivity contribution in [2.45, 2.75) is 11.8 Å². The van der Waals surface area contributed by atoms with E-state index in [0.29, 0.717) is 21.3 Å². The number of carbonyl (C=O) groups excluding carboxylic acids is 1. The summed E-state index contributed by atoms with van der Waals surface area (Å²) in [6.07, 6.45) is 1.69. The Morgan fingerprint density at radius 1 is 1.14 bits per heavy atom. The maximum atomic E-state index is 12.4. The highest BCUT2D eigenvalue weighted by Gasteiger charge is 2.30. The number of benzene rings is 2. The average Bonchev–Trinajstić information content (AvgIpc) is 2.96. The van der Waals surface area contributed by atoms with Gasteiger partial charge >= 0.3 is 10.1 Å². The van der Waals surface area contributed by atoms with Crippen molar-refractivity contribution in [3.05, 3.63) is 59.0 Å². The standard InChI is InChI=1S/C19H17NO5S3/c1-3-20-18(21)17(27-19(20)26)12-13-9-10-15(16(11-13)24-2)25-28(22,23)14-7-5-4-6-8-14/h4-12H,3H2,1-2H3/b17-12-. The molecule has 28 heavy (non-hydrogen) atoms. The van der Waals surface area contributed by atoms with Crippen LogP contribution in [0.2, 0.25) is 0 Å². The van der Waals surface area contributed by atoms with Crippen LogP contribution in [-0.4, -0.2) is 37.2 Å². The number of likely N-dealkylation sites (N-methyl/N-ethyl adjacent to an activating group) is 1. The largest absolute Gasteiger partial charge is 0.493 e. The third-order valence-electron chi connectivity index (χ3n) is 3.91. The maximum absolute atomic E-state index is 12.4. The van der Waals surface area contributed by atoms with Gasteiger partial charge in [0.15, 0.2) is 11.5 Å². The zero-order valence-electron chi connectivity index (χ0n) is 15.1. The monoisotopic (exact) mass is 435 g/mol. The summed E-state index contributed by atoms with van der Waals surface area (Å²) in [6.45, 7) is 2.37. The summed E-state index contributed by atoms with van der Waals surface area (Å²) >= 11 is 6.43. The SMILES string of the molecule is CCN1C(=O)/C(=C/c2ccc(OS(=O)(=O)c3ccccc3)c(OC)c2)SC1=S. The molecule has 1 aliphatic rings. The fourth-order valence-corrected chi connectivity index (χ4v) is 4.87. The summed E-state index contributed by atoms with van der Waals surface area (Å²) in [7, 11) is -2.57. The second-order valence-corrected chi connectivity index (χ2v) is 8.91. The van der Waals surface area contributed by atoms with Gasteiger partial charge in [0.2, 0.25) is 0 Å². The van der Waals surface area contributed by atoms with Gasteiger partial charge in [0.05, 0.1) is 12.0 Å². The van der Waals surface area contributed by atoms with Crippen LogP contribution in [0.3, 0.4) is 0 Å². The smallest absolute Gasteiger partial charge is 0.339 e. The molecular formula is C19H17NO5S3. The summed E-state index contributed by atoms with van der Waals surface area (Å²) in [6, 6.07) is 12.6. The first-order valence-corrected chi connectivity index (χ1v) is 10.9. The van der Waals surface area contributed by atoms with E-state index in [9.17, 15) is 13.2 Å². The quantitative estimate of drug-likeness (QED) is 0.389. The van der Waals surface area contributed by atoms with E-state index >= 15 is 0 Å². The lowest BCUT2D eigenvalue weighted by Crippen LogP contribution is -2.27. The van der Waals surface area contributed by atoms with Crippen molar-refractivity contribution >= 4 is 50.4 Å². The van der Waals surface area contributed by atoms with Gasteiger partial charge in [0.1, 0.15) is 9.22 Å². The van der Waals surface area contributed by atoms with Crippen molar-refractivity contribution < 1.29 is 22.1 Å². The van der Waals surface area contributed by atoms with Crippen LogP contribution in [-0.2, 0) is 14.9 Å². The molecule has 9 heteroatoms. The van der Waals surface area contributed by atoms with Crippen LogP contribution in [0.1, 0.15) is 12.5 Å². The Bertz CT molecular complexity index is 1050. The Labute approximate surface area is 173 Å². The number of nitrogens with zero attached hydrogens (tertiary/aromatic N) is 1. The molecule has 0 N–H and O–H groups in total. The minimum Gasteiger partial charge on any atom is -0.493 e. The molecule has 1 saturated heterocycles. The fourth-order valence-electron chi connectivity index (χ4n) is 2.52. The molecule has 0 saturated carbocycles. The van der Waals surface area contributed by atoms with Crippen LogP contribution in [0.15, 0.2) is 58.3 Å². The minimum absolute atomic E-state index is 0.0457. The zero-order valence-corrected chi connectivity index (χ0v) is 17.6. The molecular weight excluding hydrogens is 418 g/mol. The van der Waals surface area contributed by atoms with E-state index in [0.717, 1.165) is 0 Å². The molecule has 0 radical (unpaired) electrons. The number of methoxy groups -OCH3 is 1. The number of thioether (sulfide) groups is 1. The predicted octanol–water partition coefficient (Wildman–Crippen LogP) is 3.68. The van der Waals surface area contributed by atoms with E-state index in [1.54, 1.807) is 36.4 Å². The molecule has 0 aromatic heterocycles. The Morgan fingerprint density at radius 3 is 2.46 bits per heavy atom. The molecule has 2 aromatic rings. The van der Waals surface area contributed by atoms with Gasteiger partial charge in [-0.2, -0.15) is 8.42 Å². The van der Waals surface area contributed by atoms with E-state index in [4.69, 9.17) is 21.1 Å². The number of carbonyl (C=O) groups is 1. The molecule has 0 bridgehead atoms. The van der Waals surface area contributed by atoms with Crippen LogP contribution in [0.25, 0.3) is 6.08 Å². The summed E-state index contributed by atoms with van der Waals surface area (Å²) < 4.78 is 35.9. The second-order valence-electron chi connectivity index (χ2n) is 5.69. The lowest BCUT2D eigenvalue weighted by Gasteiger charge is -2.11. The van der Waals surface area contributed by atoms with Gasteiger partial charge in [-0.05, 0) is 42.8 Å². The Kier molecular flexibility index (Phi) is 6.07. The third kappa shape index (κ3) is 4.21. The van der Waals surface area contributed by atoms with E-state index in [1.807, 2.05) is 6.92 Å². The van der Waals surface area contributed by atoms with Gasteiger partial charge in [-0.1, -0.05) is 48.2 Å². The molecule has 6 nitrogen and oxygen atoms in total. The van der Waals surface area contributed by atoms with Crippen LogP contribution < -0.4 is 8.92 Å². The lowest BCUT2D eigenvalue weighted by molar-refractivity contribution is -0.121. The van der Waals surface area contributed by atoms with Crippen molar-refractivity contribution in [3.63, 3.8) is 0 Å². The first-order chi connectivity index (χ1) is 13.4. The van der Waals surface area contributed by atoms with Crippen LogP contribution in [0.4, 0.5) is 0 Å². The molecule has 146 valence electrons. The van der Waals surface area contributed by atoms with Gasteiger partial charge < -0.3 is 8.92 Å². The van der Waals surface area contributed by atoms with E-state index < -0.39 is 10.1 Å². The normalized spacial score (nSPS) is 15.9. The van der Waals surface area contributed by atoms with Gasteiger partial charge in [-0.25, -0.2) is 0 Å². The summed E-state index contributed by atoms with van der Waals surface area (Å²) in [4.78, 5) is 14.4. The summed E-state index contributed by atoms with van der Waals surface area (Å²) in [5, 5.41) is 0. The number of amides is 1. The van der Waals surface area contributed by atoms with E-state index in [-0.39, 0.29) is 22.3 Å². The Morgan fingerprint density at radius 2 is 1.86 bits per heavy atom. The summed E-state index contributed by atoms with van der Waals surface area (Å²) in [5.41, 5.74) is 0.665. The number of hydrogen-bond acceptors (Lipinski definition) is 7. The Hall–Kier alpha value is -2.36. The number of hydrogen-bond donors (Lipinski definition) is 0. The van der Waals surface area contributed by atoms with Crippen molar-refractivity contribution in [1.82, 2.24) is 4.90 Å². The van der Waals surface area contributed by atoms with Crippen molar-refractivity contribution in [3.8, 4) is 11.5 Å². The Balaban J connectivity index is 1.89.